The van der Waals surface area contributed by atoms with E-state index in [9.17, 15) is 4.79 Å². The van der Waals surface area contributed by atoms with Crippen LogP contribution in [0, 0.1) is 0 Å². The normalized spacial score (nSPS) is 10.7. The summed E-state index contributed by atoms with van der Waals surface area (Å²) in [5.74, 6) is -0.0196. The molecule has 0 spiro atoms. The minimum atomic E-state index is -0.0196. The molecule has 0 fully saturated rings. The number of unbranched alkanes of at least 4 members (excludes halogenated alkanes) is 3. The van der Waals surface area contributed by atoms with Crippen molar-refractivity contribution in [3.05, 3.63) is 12.2 Å². The van der Waals surface area contributed by atoms with Crippen LogP contribution in [0.1, 0.15) is 59.3 Å². The van der Waals surface area contributed by atoms with Crippen LogP contribution in [0.4, 0.5) is 0 Å². The third-order valence-corrected chi connectivity index (χ3v) is 3.23. The Morgan fingerprint density at radius 1 is 1.00 bits per heavy atom. The van der Waals surface area contributed by atoms with Crippen LogP contribution >= 0.6 is 0 Å². The summed E-state index contributed by atoms with van der Waals surface area (Å²) in [5.41, 5.74) is 0.590. The van der Waals surface area contributed by atoms with Crippen molar-refractivity contribution in [1.82, 2.24) is 10.2 Å². The van der Waals surface area contributed by atoms with Gasteiger partial charge in [0.05, 0.1) is 0 Å². The van der Waals surface area contributed by atoms with Crippen molar-refractivity contribution >= 4 is 5.91 Å². The molecule has 0 heterocycles. The molecular formula is C16H32N2O. The maximum absolute atomic E-state index is 11.3. The summed E-state index contributed by atoms with van der Waals surface area (Å²) in [4.78, 5) is 13.9. The first-order valence-corrected chi connectivity index (χ1v) is 7.77. The van der Waals surface area contributed by atoms with Crippen molar-refractivity contribution in [2.75, 3.05) is 26.2 Å². The van der Waals surface area contributed by atoms with Gasteiger partial charge in [0.15, 0.2) is 0 Å². The highest BCUT2D eigenvalue weighted by molar-refractivity contribution is 5.91. The summed E-state index contributed by atoms with van der Waals surface area (Å²) < 4.78 is 0. The van der Waals surface area contributed by atoms with Crippen LogP contribution < -0.4 is 5.32 Å². The number of carbonyl (C=O) groups is 1. The van der Waals surface area contributed by atoms with Crippen LogP contribution in [0.5, 0.6) is 0 Å². The highest BCUT2D eigenvalue weighted by Crippen LogP contribution is 2.02. The molecule has 0 bridgehead atoms. The van der Waals surface area contributed by atoms with Crippen molar-refractivity contribution in [3.63, 3.8) is 0 Å². The fourth-order valence-corrected chi connectivity index (χ4v) is 1.91. The van der Waals surface area contributed by atoms with Gasteiger partial charge >= 0.3 is 0 Å². The molecule has 1 amide bonds. The Balaban J connectivity index is 3.67. The van der Waals surface area contributed by atoms with Crippen LogP contribution in [0.2, 0.25) is 0 Å². The molecule has 112 valence electrons. The van der Waals surface area contributed by atoms with E-state index in [2.05, 4.69) is 30.6 Å². The zero-order valence-electron chi connectivity index (χ0n) is 13.1. The smallest absolute Gasteiger partial charge is 0.246 e. The van der Waals surface area contributed by atoms with E-state index in [-0.39, 0.29) is 5.91 Å². The highest BCUT2D eigenvalue weighted by Gasteiger charge is 2.04. The van der Waals surface area contributed by atoms with Crippen LogP contribution in [0.25, 0.3) is 0 Å². The first-order chi connectivity index (χ1) is 9.11. The van der Waals surface area contributed by atoms with Gasteiger partial charge in [-0.05, 0) is 52.2 Å². The summed E-state index contributed by atoms with van der Waals surface area (Å²) in [6.07, 6.45) is 7.30. The van der Waals surface area contributed by atoms with Crippen molar-refractivity contribution in [1.29, 1.82) is 0 Å². The van der Waals surface area contributed by atoms with Crippen LogP contribution in [0.15, 0.2) is 12.2 Å². The quantitative estimate of drug-likeness (QED) is 0.435. The average molecular weight is 268 g/mol. The van der Waals surface area contributed by atoms with Gasteiger partial charge in [-0.2, -0.15) is 0 Å². The van der Waals surface area contributed by atoms with Crippen molar-refractivity contribution in [2.45, 2.75) is 59.3 Å². The summed E-state index contributed by atoms with van der Waals surface area (Å²) >= 11 is 0. The Labute approximate surface area is 119 Å². The molecule has 0 aromatic rings. The predicted molar refractivity (Wildman–Crippen MR) is 83.3 cm³/mol. The number of nitrogens with zero attached hydrogens (tertiary/aromatic N) is 1. The second-order valence-electron chi connectivity index (χ2n) is 5.29. The molecule has 0 aliphatic heterocycles. The number of nitrogens with one attached hydrogen (secondary N) is 1. The minimum absolute atomic E-state index is 0.0196. The van der Waals surface area contributed by atoms with Crippen molar-refractivity contribution < 1.29 is 4.79 Å². The fourth-order valence-electron chi connectivity index (χ4n) is 1.91. The molecule has 0 aromatic carbocycles. The van der Waals surface area contributed by atoms with E-state index in [1.165, 1.54) is 38.8 Å². The Bertz CT molecular complexity index is 243. The van der Waals surface area contributed by atoms with Gasteiger partial charge in [0.2, 0.25) is 5.91 Å². The molecule has 3 heteroatoms. The molecule has 0 aliphatic rings. The zero-order chi connectivity index (χ0) is 14.5. The summed E-state index contributed by atoms with van der Waals surface area (Å²) in [6, 6.07) is 0. The standard InChI is InChI=1S/C16H32N2O/c1-5-7-12-18(13-8-6-2)14-10-9-11-17-16(19)15(3)4/h3,5-14H2,1-2,4H3,(H,17,19). The van der Waals surface area contributed by atoms with E-state index in [4.69, 9.17) is 0 Å². The molecular weight excluding hydrogens is 236 g/mol. The second-order valence-corrected chi connectivity index (χ2v) is 5.29. The van der Waals surface area contributed by atoms with Gasteiger partial charge in [-0.3, -0.25) is 4.79 Å². The van der Waals surface area contributed by atoms with Crippen LogP contribution in [-0.4, -0.2) is 37.0 Å². The van der Waals surface area contributed by atoms with E-state index in [1.807, 2.05) is 0 Å². The number of rotatable bonds is 12. The van der Waals surface area contributed by atoms with Crippen LogP contribution in [0.3, 0.4) is 0 Å². The molecule has 0 saturated carbocycles. The molecule has 1 N–H and O–H groups in total. The number of amides is 1. The lowest BCUT2D eigenvalue weighted by atomic mass is 10.2. The lowest BCUT2D eigenvalue weighted by molar-refractivity contribution is -0.117. The second kappa shape index (κ2) is 12.2. The predicted octanol–water partition coefficient (Wildman–Crippen LogP) is 3.36. The number of carbonyl (C=O) groups excluding carboxylic acids is 1. The van der Waals surface area contributed by atoms with Crippen molar-refractivity contribution in [2.24, 2.45) is 0 Å². The fraction of sp³-hybridized carbons (Fsp3) is 0.812. The monoisotopic (exact) mass is 268 g/mol. The lowest BCUT2D eigenvalue weighted by Gasteiger charge is -2.21. The van der Waals surface area contributed by atoms with Gasteiger partial charge in [0, 0.05) is 12.1 Å². The highest BCUT2D eigenvalue weighted by atomic mass is 16.1. The zero-order valence-corrected chi connectivity index (χ0v) is 13.1. The number of hydrogen-bond acceptors (Lipinski definition) is 2. The van der Waals surface area contributed by atoms with E-state index in [0.29, 0.717) is 5.57 Å². The van der Waals surface area contributed by atoms with Gasteiger partial charge in [0.1, 0.15) is 0 Å². The van der Waals surface area contributed by atoms with E-state index in [1.54, 1.807) is 6.92 Å². The molecule has 0 saturated heterocycles. The molecule has 0 aliphatic carbocycles. The van der Waals surface area contributed by atoms with Gasteiger partial charge < -0.3 is 10.2 Å². The maximum atomic E-state index is 11.3. The van der Waals surface area contributed by atoms with E-state index in [0.717, 1.165) is 25.9 Å². The van der Waals surface area contributed by atoms with Crippen molar-refractivity contribution in [3.8, 4) is 0 Å². The first kappa shape index (κ1) is 18.2. The molecule has 0 atom stereocenters. The summed E-state index contributed by atoms with van der Waals surface area (Å²) in [5, 5.41) is 2.89. The summed E-state index contributed by atoms with van der Waals surface area (Å²) in [6.45, 7) is 14.2. The van der Waals surface area contributed by atoms with E-state index >= 15 is 0 Å². The Hall–Kier alpha value is -0.830. The Kier molecular flexibility index (Phi) is 11.7. The Morgan fingerprint density at radius 2 is 1.53 bits per heavy atom. The molecule has 0 rings (SSSR count). The van der Waals surface area contributed by atoms with Crippen LogP contribution in [-0.2, 0) is 4.79 Å². The molecule has 0 aromatic heterocycles. The lowest BCUT2D eigenvalue weighted by Crippen LogP contribution is -2.29. The molecule has 19 heavy (non-hydrogen) atoms. The van der Waals surface area contributed by atoms with Gasteiger partial charge in [-0.15, -0.1) is 0 Å². The SMILES string of the molecule is C=C(C)C(=O)NCCCCN(CCCC)CCCC. The van der Waals surface area contributed by atoms with Gasteiger partial charge in [0.25, 0.3) is 0 Å². The van der Waals surface area contributed by atoms with E-state index < -0.39 is 0 Å². The average Bonchev–Trinajstić information content (AvgIpc) is 2.40. The Morgan fingerprint density at radius 3 is 2.00 bits per heavy atom. The third kappa shape index (κ3) is 10.8. The topological polar surface area (TPSA) is 32.3 Å². The molecule has 0 unspecified atom stereocenters. The molecule has 0 radical (unpaired) electrons. The van der Waals surface area contributed by atoms with Gasteiger partial charge in [-0.25, -0.2) is 0 Å². The minimum Gasteiger partial charge on any atom is -0.352 e. The summed E-state index contributed by atoms with van der Waals surface area (Å²) in [7, 11) is 0. The van der Waals surface area contributed by atoms with Gasteiger partial charge in [-0.1, -0.05) is 33.3 Å². The number of hydrogen-bond donors (Lipinski definition) is 1. The maximum Gasteiger partial charge on any atom is 0.246 e. The molecule has 3 nitrogen and oxygen atoms in total. The third-order valence-electron chi connectivity index (χ3n) is 3.23. The first-order valence-electron chi connectivity index (χ1n) is 7.77. The largest absolute Gasteiger partial charge is 0.352 e.